The number of rotatable bonds is 2. The van der Waals surface area contributed by atoms with Gasteiger partial charge in [0, 0.05) is 18.2 Å². The molecule has 1 aromatic heterocycles. The van der Waals surface area contributed by atoms with E-state index in [4.69, 9.17) is 17.3 Å². The topological polar surface area (TPSA) is 38.9 Å². The molecule has 17 heavy (non-hydrogen) atoms. The highest BCUT2D eigenvalue weighted by Crippen LogP contribution is 2.21. The highest BCUT2D eigenvalue weighted by Gasteiger charge is 2.10. The van der Waals surface area contributed by atoms with Crippen molar-refractivity contribution in [1.82, 2.24) is 4.98 Å². The maximum absolute atomic E-state index is 13.5. The van der Waals surface area contributed by atoms with E-state index in [0.29, 0.717) is 10.6 Å². The zero-order valence-corrected chi connectivity index (χ0v) is 9.51. The number of hydrogen-bond donors (Lipinski definition) is 1. The number of pyridine rings is 1. The summed E-state index contributed by atoms with van der Waals surface area (Å²) in [6.07, 6.45) is 1.56. The van der Waals surface area contributed by atoms with Crippen LogP contribution in [0.4, 0.5) is 14.6 Å². The van der Waals surface area contributed by atoms with E-state index in [2.05, 4.69) is 4.98 Å². The SMILES string of the molecule is Nc1ncc(Cl)cc1Cc1cccc(F)c1F. The summed E-state index contributed by atoms with van der Waals surface area (Å²) in [5.41, 5.74) is 6.43. The average Bonchev–Trinajstić information content (AvgIpc) is 2.30. The summed E-state index contributed by atoms with van der Waals surface area (Å²) < 4.78 is 26.5. The molecule has 0 unspecified atom stereocenters. The lowest BCUT2D eigenvalue weighted by Gasteiger charge is -2.06. The van der Waals surface area contributed by atoms with Crippen LogP contribution in [0.2, 0.25) is 5.02 Å². The third-order valence-electron chi connectivity index (χ3n) is 2.38. The highest BCUT2D eigenvalue weighted by atomic mass is 35.5. The Morgan fingerprint density at radius 1 is 1.24 bits per heavy atom. The Balaban J connectivity index is 2.38. The van der Waals surface area contributed by atoms with E-state index in [9.17, 15) is 8.78 Å². The summed E-state index contributed by atoms with van der Waals surface area (Å²) in [7, 11) is 0. The van der Waals surface area contributed by atoms with Crippen LogP contribution in [0.1, 0.15) is 11.1 Å². The van der Waals surface area contributed by atoms with E-state index in [1.807, 2.05) is 0 Å². The number of hydrogen-bond acceptors (Lipinski definition) is 2. The zero-order chi connectivity index (χ0) is 12.4. The van der Waals surface area contributed by atoms with Gasteiger partial charge in [-0.25, -0.2) is 13.8 Å². The van der Waals surface area contributed by atoms with Gasteiger partial charge in [0.1, 0.15) is 5.82 Å². The van der Waals surface area contributed by atoms with Crippen molar-refractivity contribution in [3.63, 3.8) is 0 Å². The number of halogens is 3. The molecule has 1 heterocycles. The van der Waals surface area contributed by atoms with Gasteiger partial charge in [-0.1, -0.05) is 23.7 Å². The zero-order valence-electron chi connectivity index (χ0n) is 8.75. The number of aromatic nitrogens is 1. The molecule has 0 atom stereocenters. The predicted molar refractivity (Wildman–Crippen MR) is 62.8 cm³/mol. The van der Waals surface area contributed by atoms with Crippen LogP contribution in [0.5, 0.6) is 0 Å². The van der Waals surface area contributed by atoms with Crippen molar-refractivity contribution in [2.24, 2.45) is 0 Å². The number of benzene rings is 1. The van der Waals surface area contributed by atoms with Gasteiger partial charge in [0.15, 0.2) is 11.6 Å². The second kappa shape index (κ2) is 4.67. The smallest absolute Gasteiger partial charge is 0.162 e. The van der Waals surface area contributed by atoms with Gasteiger partial charge in [-0.3, -0.25) is 0 Å². The minimum Gasteiger partial charge on any atom is -0.383 e. The van der Waals surface area contributed by atoms with E-state index in [-0.39, 0.29) is 17.8 Å². The molecule has 0 fully saturated rings. The molecule has 2 N–H and O–H groups in total. The molecule has 0 bridgehead atoms. The average molecular weight is 255 g/mol. The van der Waals surface area contributed by atoms with Gasteiger partial charge in [-0.05, 0) is 17.7 Å². The molecule has 2 nitrogen and oxygen atoms in total. The first kappa shape index (κ1) is 11.8. The van der Waals surface area contributed by atoms with Gasteiger partial charge < -0.3 is 5.73 Å². The van der Waals surface area contributed by atoms with Gasteiger partial charge >= 0.3 is 0 Å². The first-order valence-electron chi connectivity index (χ1n) is 4.90. The minimum absolute atomic E-state index is 0.156. The fourth-order valence-corrected chi connectivity index (χ4v) is 1.70. The van der Waals surface area contributed by atoms with E-state index in [0.717, 1.165) is 6.07 Å². The van der Waals surface area contributed by atoms with Crippen LogP contribution >= 0.6 is 11.6 Å². The van der Waals surface area contributed by atoms with Crippen molar-refractivity contribution < 1.29 is 8.78 Å². The Morgan fingerprint density at radius 3 is 2.76 bits per heavy atom. The number of nitrogens with two attached hydrogens (primary N) is 1. The summed E-state index contributed by atoms with van der Waals surface area (Å²) in [4.78, 5) is 3.86. The molecule has 5 heteroatoms. The summed E-state index contributed by atoms with van der Waals surface area (Å²) in [5.74, 6) is -1.49. The Bertz CT molecular complexity index is 558. The van der Waals surface area contributed by atoms with Crippen LogP contribution in [-0.4, -0.2) is 4.98 Å². The van der Waals surface area contributed by atoms with Gasteiger partial charge in [-0.2, -0.15) is 0 Å². The molecule has 88 valence electrons. The molecule has 0 spiro atoms. The summed E-state index contributed by atoms with van der Waals surface area (Å²) in [6, 6.07) is 5.60. The first-order chi connectivity index (χ1) is 8.08. The molecule has 0 saturated heterocycles. The lowest BCUT2D eigenvalue weighted by Crippen LogP contribution is -2.01. The van der Waals surface area contributed by atoms with E-state index >= 15 is 0 Å². The molecule has 0 aliphatic carbocycles. The maximum atomic E-state index is 13.5. The Hall–Kier alpha value is -1.68. The van der Waals surface area contributed by atoms with Gasteiger partial charge in [0.25, 0.3) is 0 Å². The third-order valence-corrected chi connectivity index (χ3v) is 2.59. The van der Waals surface area contributed by atoms with Crippen molar-refractivity contribution in [2.75, 3.05) is 5.73 Å². The molecule has 1 aromatic carbocycles. The van der Waals surface area contributed by atoms with Gasteiger partial charge in [0.05, 0.1) is 5.02 Å². The van der Waals surface area contributed by atoms with E-state index < -0.39 is 11.6 Å². The lowest BCUT2D eigenvalue weighted by atomic mass is 10.1. The summed E-state index contributed by atoms with van der Waals surface area (Å²) >= 11 is 5.77. The molecule has 0 saturated carbocycles. The molecule has 0 amide bonds. The molecule has 0 aliphatic heterocycles. The summed E-state index contributed by atoms with van der Waals surface area (Å²) in [5, 5.41) is 0.408. The van der Waals surface area contributed by atoms with Crippen LogP contribution in [0, 0.1) is 11.6 Å². The normalized spacial score (nSPS) is 10.5. The van der Waals surface area contributed by atoms with Crippen molar-refractivity contribution in [3.8, 4) is 0 Å². The third kappa shape index (κ3) is 2.53. The van der Waals surface area contributed by atoms with Crippen molar-refractivity contribution in [3.05, 3.63) is 58.2 Å². The van der Waals surface area contributed by atoms with E-state index in [1.165, 1.54) is 18.3 Å². The predicted octanol–water partition coefficient (Wildman–Crippen LogP) is 3.19. The van der Waals surface area contributed by atoms with Crippen LogP contribution in [0.15, 0.2) is 30.5 Å². The van der Waals surface area contributed by atoms with Crippen molar-refractivity contribution in [2.45, 2.75) is 6.42 Å². The molecule has 0 radical (unpaired) electrons. The highest BCUT2D eigenvalue weighted by molar-refractivity contribution is 6.30. The van der Waals surface area contributed by atoms with Crippen LogP contribution in [0.25, 0.3) is 0 Å². The van der Waals surface area contributed by atoms with Gasteiger partial charge in [-0.15, -0.1) is 0 Å². The number of anilines is 1. The minimum atomic E-state index is -0.879. The molecular formula is C12H9ClF2N2. The monoisotopic (exact) mass is 254 g/mol. The fraction of sp³-hybridized carbons (Fsp3) is 0.0833. The molecular weight excluding hydrogens is 246 g/mol. The number of nitrogens with zero attached hydrogens (tertiary/aromatic N) is 1. The second-order valence-corrected chi connectivity index (χ2v) is 4.02. The standard InChI is InChI=1S/C12H9ClF2N2/c13-9-5-8(12(16)17-6-9)4-7-2-1-3-10(14)11(7)15/h1-3,5-6H,4H2,(H2,16,17). The second-order valence-electron chi connectivity index (χ2n) is 3.59. The first-order valence-corrected chi connectivity index (χ1v) is 5.28. The Kier molecular flexibility index (Phi) is 3.24. The molecule has 2 rings (SSSR count). The van der Waals surface area contributed by atoms with Gasteiger partial charge in [0.2, 0.25) is 0 Å². The number of nitrogen functional groups attached to an aromatic ring is 1. The molecule has 0 aliphatic rings. The Morgan fingerprint density at radius 2 is 2.00 bits per heavy atom. The van der Waals surface area contributed by atoms with Crippen LogP contribution in [-0.2, 0) is 6.42 Å². The van der Waals surface area contributed by atoms with Crippen LogP contribution in [0.3, 0.4) is 0 Å². The maximum Gasteiger partial charge on any atom is 0.162 e. The molecule has 2 aromatic rings. The van der Waals surface area contributed by atoms with E-state index in [1.54, 1.807) is 6.07 Å². The largest absolute Gasteiger partial charge is 0.383 e. The van der Waals surface area contributed by atoms with Crippen molar-refractivity contribution >= 4 is 17.4 Å². The summed E-state index contributed by atoms with van der Waals surface area (Å²) in [6.45, 7) is 0. The van der Waals surface area contributed by atoms with Crippen molar-refractivity contribution in [1.29, 1.82) is 0 Å². The fourth-order valence-electron chi connectivity index (χ4n) is 1.52. The quantitative estimate of drug-likeness (QED) is 0.894. The van der Waals surface area contributed by atoms with Crippen LogP contribution < -0.4 is 5.73 Å². The lowest BCUT2D eigenvalue weighted by molar-refractivity contribution is 0.501. The Labute approximate surface area is 102 Å².